The van der Waals surface area contributed by atoms with Crippen molar-refractivity contribution in [2.24, 2.45) is 0 Å². The third-order valence-electron chi connectivity index (χ3n) is 14.0. The number of fused-ring (bicyclic) bond motifs is 13. The summed E-state index contributed by atoms with van der Waals surface area (Å²) in [7, 11) is -3.06. The van der Waals surface area contributed by atoms with Crippen LogP contribution in [0.15, 0.2) is 224 Å². The molecule has 15 aromatic rings. The normalized spacial score (nSPS) is 12.3. The molecule has 11 heteroatoms. The van der Waals surface area contributed by atoms with Gasteiger partial charge in [0, 0.05) is 25.7 Å². The molecule has 15 rings (SSSR count). The molecule has 6 aromatic heterocycles. The Labute approximate surface area is 404 Å². The second-order valence-corrected chi connectivity index (χ2v) is 22.6. The predicted molar refractivity (Wildman–Crippen MR) is 288 cm³/mol. The maximum atomic E-state index is 5.50. The number of imidazole rings is 4. The standard InChI is InChI=1S/C59H37N9SSi/c1-3-19-39(20-4-1)70(40-21-5-2-6-22-40,42-34-35-54-44(37-42)43-24-7-16-33-53(43)69-54)41-23-17-18-38(36-41)55-62-56(67-51-31-14-12-29-49(51)65-47-27-10-8-25-45(47)60-58(65)67)64-57(63-55)68-52-32-15-13-30-50(52)66-48-28-11-9-26-46(48)61-59(66)68/h1-37H. The number of para-hydroxylation sites is 8. The lowest BCUT2D eigenvalue weighted by molar-refractivity contribution is 0.877. The van der Waals surface area contributed by atoms with Crippen molar-refractivity contribution in [1.82, 2.24) is 42.9 Å². The topological polar surface area (TPSA) is 83.1 Å². The number of aromatic nitrogens is 9. The molecule has 0 saturated heterocycles. The van der Waals surface area contributed by atoms with Crippen molar-refractivity contribution < 1.29 is 0 Å². The molecule has 0 bridgehead atoms. The first-order valence-electron chi connectivity index (χ1n) is 23.3. The minimum atomic E-state index is -3.06. The van der Waals surface area contributed by atoms with Crippen molar-refractivity contribution in [2.75, 3.05) is 0 Å². The van der Waals surface area contributed by atoms with E-state index < -0.39 is 8.07 Å². The molecule has 0 aliphatic heterocycles. The van der Waals surface area contributed by atoms with Crippen LogP contribution in [0.3, 0.4) is 0 Å². The lowest BCUT2D eigenvalue weighted by Crippen LogP contribution is -2.74. The molecule has 6 heterocycles. The maximum absolute atomic E-state index is 5.50. The van der Waals surface area contributed by atoms with E-state index in [9.17, 15) is 0 Å². The van der Waals surface area contributed by atoms with E-state index in [4.69, 9.17) is 24.9 Å². The van der Waals surface area contributed by atoms with Crippen molar-refractivity contribution in [2.45, 2.75) is 0 Å². The second kappa shape index (κ2) is 15.0. The van der Waals surface area contributed by atoms with Crippen LogP contribution in [-0.2, 0) is 0 Å². The largest absolute Gasteiger partial charge is 0.276 e. The molecule has 9 nitrogen and oxygen atoms in total. The summed E-state index contributed by atoms with van der Waals surface area (Å²) >= 11 is 1.85. The molecular formula is C59H37N9SSi. The van der Waals surface area contributed by atoms with Crippen LogP contribution in [0.4, 0.5) is 0 Å². The zero-order valence-electron chi connectivity index (χ0n) is 37.3. The van der Waals surface area contributed by atoms with E-state index in [1.54, 1.807) is 0 Å². The Morgan fingerprint density at radius 2 is 0.800 bits per heavy atom. The number of rotatable bonds is 7. The molecule has 70 heavy (non-hydrogen) atoms. The summed E-state index contributed by atoms with van der Waals surface area (Å²) in [5.41, 5.74) is 8.52. The summed E-state index contributed by atoms with van der Waals surface area (Å²) in [6.45, 7) is 0. The van der Waals surface area contributed by atoms with E-state index >= 15 is 0 Å². The number of hydrogen-bond donors (Lipinski definition) is 0. The summed E-state index contributed by atoms with van der Waals surface area (Å²) in [4.78, 5) is 26.9. The Morgan fingerprint density at radius 3 is 1.40 bits per heavy atom. The van der Waals surface area contributed by atoms with Gasteiger partial charge in [-0.1, -0.05) is 164 Å². The van der Waals surface area contributed by atoms with Crippen molar-refractivity contribution in [3.05, 3.63) is 224 Å². The van der Waals surface area contributed by atoms with Gasteiger partial charge in [0.1, 0.15) is 0 Å². The quantitative estimate of drug-likeness (QED) is 0.117. The van der Waals surface area contributed by atoms with E-state index in [0.717, 1.165) is 49.7 Å². The van der Waals surface area contributed by atoms with Gasteiger partial charge in [-0.2, -0.15) is 15.0 Å². The van der Waals surface area contributed by atoms with Gasteiger partial charge >= 0.3 is 0 Å². The smallest absolute Gasteiger partial charge is 0.242 e. The summed E-state index contributed by atoms with van der Waals surface area (Å²) in [6, 6.07) is 80.3. The minimum Gasteiger partial charge on any atom is -0.276 e. The van der Waals surface area contributed by atoms with Crippen molar-refractivity contribution in [3.63, 3.8) is 0 Å². The fourth-order valence-electron chi connectivity index (χ4n) is 11.0. The van der Waals surface area contributed by atoms with Gasteiger partial charge in [-0.15, -0.1) is 11.3 Å². The van der Waals surface area contributed by atoms with Crippen LogP contribution in [0.1, 0.15) is 0 Å². The highest BCUT2D eigenvalue weighted by molar-refractivity contribution is 7.26. The van der Waals surface area contributed by atoms with Gasteiger partial charge in [0.15, 0.2) is 13.9 Å². The molecule has 0 aliphatic rings. The van der Waals surface area contributed by atoms with Crippen molar-refractivity contribution in [3.8, 4) is 23.3 Å². The summed E-state index contributed by atoms with van der Waals surface area (Å²) in [5.74, 6) is 2.85. The molecule has 328 valence electrons. The lowest BCUT2D eigenvalue weighted by Gasteiger charge is -2.34. The fourth-order valence-corrected chi connectivity index (χ4v) is 16.9. The van der Waals surface area contributed by atoms with Gasteiger partial charge in [0.05, 0.1) is 44.1 Å². The SMILES string of the molecule is c1ccc([Si](c2ccccc2)(c2cccc(-c3nc(-n4c5ccccc5n5c6ccccc6nc45)nc(-n4c5ccccc5n5c6ccccc6nc45)n3)c2)c2ccc3sc4ccccc4c3c2)cc1. The maximum Gasteiger partial charge on any atom is 0.242 e. The molecule has 0 unspecified atom stereocenters. The molecule has 0 spiro atoms. The zero-order chi connectivity index (χ0) is 45.9. The average Bonchev–Trinajstić information content (AvgIpc) is 4.23. The van der Waals surface area contributed by atoms with Crippen LogP contribution in [0.2, 0.25) is 0 Å². The average molecular weight is 932 g/mol. The number of benzene rings is 9. The van der Waals surface area contributed by atoms with Crippen LogP contribution in [0, 0.1) is 0 Å². The minimum absolute atomic E-state index is 0.448. The molecule has 0 aliphatic carbocycles. The third-order valence-corrected chi connectivity index (χ3v) is 19.9. The second-order valence-electron chi connectivity index (χ2n) is 17.8. The Morgan fingerprint density at radius 1 is 0.329 bits per heavy atom. The highest BCUT2D eigenvalue weighted by Crippen LogP contribution is 2.35. The molecular weight excluding hydrogens is 895 g/mol. The van der Waals surface area contributed by atoms with E-state index in [-0.39, 0.29) is 0 Å². The number of hydrogen-bond acceptors (Lipinski definition) is 6. The highest BCUT2D eigenvalue weighted by atomic mass is 32.1. The zero-order valence-corrected chi connectivity index (χ0v) is 39.1. The monoisotopic (exact) mass is 931 g/mol. The first kappa shape index (κ1) is 39.0. The van der Waals surface area contributed by atoms with Crippen LogP contribution in [-0.4, -0.2) is 50.9 Å². The van der Waals surface area contributed by atoms with Gasteiger partial charge in [-0.05, 0) is 81.4 Å². The van der Waals surface area contributed by atoms with E-state index in [0.29, 0.717) is 29.3 Å². The summed E-state index contributed by atoms with van der Waals surface area (Å²) in [6.07, 6.45) is 0. The molecule has 0 radical (unpaired) electrons. The first-order chi connectivity index (χ1) is 34.7. The van der Waals surface area contributed by atoms with Crippen molar-refractivity contribution >= 4 is 116 Å². The van der Waals surface area contributed by atoms with E-state index in [2.05, 4.69) is 230 Å². The number of thiophene rings is 1. The molecule has 0 atom stereocenters. The fraction of sp³-hybridized carbons (Fsp3) is 0. The van der Waals surface area contributed by atoms with Gasteiger partial charge in [-0.25, -0.2) is 19.1 Å². The summed E-state index contributed by atoms with van der Waals surface area (Å²) < 4.78 is 11.1. The molecule has 0 fully saturated rings. The Kier molecular flexibility index (Phi) is 8.35. The predicted octanol–water partition coefficient (Wildman–Crippen LogP) is 10.8. The van der Waals surface area contributed by atoms with Gasteiger partial charge in [-0.3, -0.25) is 8.80 Å². The Hall–Kier alpha value is -9.03. The van der Waals surface area contributed by atoms with Crippen LogP contribution in [0.5, 0.6) is 0 Å². The third kappa shape index (κ3) is 5.55. The molecule has 0 N–H and O–H groups in total. The Balaban J connectivity index is 1.04. The molecule has 0 amide bonds. The number of nitrogens with zero attached hydrogens (tertiary/aromatic N) is 9. The lowest BCUT2D eigenvalue weighted by atomic mass is 10.1. The highest BCUT2D eigenvalue weighted by Gasteiger charge is 2.42. The van der Waals surface area contributed by atoms with Gasteiger partial charge in [0.2, 0.25) is 23.5 Å². The Bertz CT molecular complexity index is 4360. The first-order valence-corrected chi connectivity index (χ1v) is 26.2. The van der Waals surface area contributed by atoms with Crippen molar-refractivity contribution in [1.29, 1.82) is 0 Å². The molecule has 9 aromatic carbocycles. The van der Waals surface area contributed by atoms with Crippen LogP contribution in [0.25, 0.3) is 99.1 Å². The van der Waals surface area contributed by atoms with Crippen LogP contribution < -0.4 is 20.7 Å². The van der Waals surface area contributed by atoms with Crippen LogP contribution >= 0.6 is 11.3 Å². The van der Waals surface area contributed by atoms with E-state index in [1.165, 1.54) is 40.9 Å². The van der Waals surface area contributed by atoms with Gasteiger partial charge in [0.25, 0.3) is 0 Å². The summed E-state index contributed by atoms with van der Waals surface area (Å²) in [5, 5.41) is 7.64. The molecule has 0 saturated carbocycles. The van der Waals surface area contributed by atoms with E-state index in [1.807, 2.05) is 23.5 Å². The van der Waals surface area contributed by atoms with Gasteiger partial charge < -0.3 is 0 Å².